The minimum Gasteiger partial charge on any atom is -0.360 e. The van der Waals surface area contributed by atoms with Gasteiger partial charge in [0.15, 0.2) is 0 Å². The highest BCUT2D eigenvalue weighted by Gasteiger charge is 2.00. The SMILES string of the molecule is Cc1ccc(N/C=C(/C#N)c2ccsc2)cc1C. The van der Waals surface area contributed by atoms with Crippen LogP contribution in [0.2, 0.25) is 0 Å². The molecule has 0 saturated heterocycles. The summed E-state index contributed by atoms with van der Waals surface area (Å²) in [5.41, 5.74) is 5.11. The van der Waals surface area contributed by atoms with E-state index >= 15 is 0 Å². The van der Waals surface area contributed by atoms with Crippen molar-refractivity contribution in [1.82, 2.24) is 0 Å². The Bertz CT molecular complexity index is 604. The van der Waals surface area contributed by atoms with Crippen LogP contribution in [0.15, 0.2) is 41.2 Å². The van der Waals surface area contributed by atoms with Gasteiger partial charge in [0, 0.05) is 17.5 Å². The first kappa shape index (κ1) is 12.4. The summed E-state index contributed by atoms with van der Waals surface area (Å²) in [6, 6.07) is 10.3. The highest BCUT2D eigenvalue weighted by atomic mass is 32.1. The zero-order valence-corrected chi connectivity index (χ0v) is 11.2. The van der Waals surface area contributed by atoms with Crippen molar-refractivity contribution in [3.05, 3.63) is 57.9 Å². The number of allylic oxidation sites excluding steroid dienone is 1. The second kappa shape index (κ2) is 5.52. The fraction of sp³-hybridized carbons (Fsp3) is 0.133. The highest BCUT2D eigenvalue weighted by Crippen LogP contribution is 2.18. The van der Waals surface area contributed by atoms with Crippen LogP contribution >= 0.6 is 11.3 Å². The largest absolute Gasteiger partial charge is 0.360 e. The van der Waals surface area contributed by atoms with E-state index in [9.17, 15) is 0 Å². The lowest BCUT2D eigenvalue weighted by Crippen LogP contribution is -1.91. The highest BCUT2D eigenvalue weighted by molar-refractivity contribution is 7.08. The second-order valence-electron chi connectivity index (χ2n) is 4.13. The van der Waals surface area contributed by atoms with Gasteiger partial charge in [0.25, 0.3) is 0 Å². The standard InChI is InChI=1S/C15H14N2S/c1-11-3-4-15(7-12(11)2)17-9-14(8-16)13-5-6-18-10-13/h3-7,9-10,17H,1-2H3/b14-9-. The van der Waals surface area contributed by atoms with Crippen LogP contribution in [0.4, 0.5) is 5.69 Å². The third-order valence-corrected chi connectivity index (χ3v) is 3.53. The third kappa shape index (κ3) is 2.79. The van der Waals surface area contributed by atoms with E-state index in [-0.39, 0.29) is 0 Å². The van der Waals surface area contributed by atoms with E-state index in [4.69, 9.17) is 5.26 Å². The second-order valence-corrected chi connectivity index (χ2v) is 4.91. The van der Waals surface area contributed by atoms with E-state index < -0.39 is 0 Å². The molecule has 2 aromatic rings. The van der Waals surface area contributed by atoms with Gasteiger partial charge in [-0.15, -0.1) is 0 Å². The molecule has 1 N–H and O–H groups in total. The third-order valence-electron chi connectivity index (χ3n) is 2.84. The first-order valence-electron chi connectivity index (χ1n) is 5.67. The predicted molar refractivity (Wildman–Crippen MR) is 77.4 cm³/mol. The van der Waals surface area contributed by atoms with Crippen molar-refractivity contribution in [3.8, 4) is 6.07 Å². The maximum atomic E-state index is 9.12. The van der Waals surface area contributed by atoms with Crippen molar-refractivity contribution < 1.29 is 0 Å². The predicted octanol–water partition coefficient (Wildman–Crippen LogP) is 4.34. The summed E-state index contributed by atoms with van der Waals surface area (Å²) < 4.78 is 0. The van der Waals surface area contributed by atoms with Crippen molar-refractivity contribution >= 4 is 22.6 Å². The fourth-order valence-electron chi connectivity index (χ4n) is 1.58. The van der Waals surface area contributed by atoms with Crippen LogP contribution in [0.5, 0.6) is 0 Å². The molecule has 0 amide bonds. The van der Waals surface area contributed by atoms with Gasteiger partial charge in [-0.2, -0.15) is 16.6 Å². The molecular formula is C15H14N2S. The number of aryl methyl sites for hydroxylation is 2. The summed E-state index contributed by atoms with van der Waals surface area (Å²) in [5, 5.41) is 16.2. The normalized spacial score (nSPS) is 11.1. The van der Waals surface area contributed by atoms with Crippen LogP contribution in [0, 0.1) is 25.2 Å². The molecule has 0 radical (unpaired) electrons. The Morgan fingerprint density at radius 2 is 2.11 bits per heavy atom. The fourth-order valence-corrected chi connectivity index (χ4v) is 2.24. The van der Waals surface area contributed by atoms with Gasteiger partial charge in [0.1, 0.15) is 6.07 Å². The molecular weight excluding hydrogens is 240 g/mol. The Morgan fingerprint density at radius 1 is 1.28 bits per heavy atom. The molecule has 1 aromatic heterocycles. The molecule has 0 spiro atoms. The molecule has 0 fully saturated rings. The number of rotatable bonds is 3. The van der Waals surface area contributed by atoms with E-state index in [1.54, 1.807) is 17.5 Å². The van der Waals surface area contributed by atoms with Gasteiger partial charge in [-0.25, -0.2) is 0 Å². The Kier molecular flexibility index (Phi) is 3.81. The molecule has 0 aliphatic rings. The lowest BCUT2D eigenvalue weighted by molar-refractivity contribution is 1.34. The number of anilines is 1. The summed E-state index contributed by atoms with van der Waals surface area (Å²) in [7, 11) is 0. The minimum absolute atomic E-state index is 0.648. The van der Waals surface area contributed by atoms with Crippen molar-refractivity contribution in [2.75, 3.05) is 5.32 Å². The monoisotopic (exact) mass is 254 g/mol. The van der Waals surface area contributed by atoms with Gasteiger partial charge in [-0.3, -0.25) is 0 Å². The first-order chi connectivity index (χ1) is 8.70. The van der Waals surface area contributed by atoms with E-state index in [0.717, 1.165) is 11.3 Å². The van der Waals surface area contributed by atoms with Gasteiger partial charge >= 0.3 is 0 Å². The van der Waals surface area contributed by atoms with Crippen LogP contribution in [-0.2, 0) is 0 Å². The summed E-state index contributed by atoms with van der Waals surface area (Å²) in [6.07, 6.45) is 1.76. The molecule has 1 heterocycles. The summed E-state index contributed by atoms with van der Waals surface area (Å²) in [5.74, 6) is 0. The van der Waals surface area contributed by atoms with Crippen LogP contribution in [-0.4, -0.2) is 0 Å². The Morgan fingerprint density at radius 3 is 2.72 bits per heavy atom. The Labute approximate surface area is 111 Å². The number of hydrogen-bond acceptors (Lipinski definition) is 3. The van der Waals surface area contributed by atoms with Crippen molar-refractivity contribution in [2.45, 2.75) is 13.8 Å². The minimum atomic E-state index is 0.648. The number of nitrogens with zero attached hydrogens (tertiary/aromatic N) is 1. The molecule has 0 bridgehead atoms. The topological polar surface area (TPSA) is 35.8 Å². The molecule has 0 atom stereocenters. The van der Waals surface area contributed by atoms with Gasteiger partial charge in [-0.1, -0.05) is 6.07 Å². The van der Waals surface area contributed by atoms with E-state index in [2.05, 4.69) is 37.4 Å². The molecule has 18 heavy (non-hydrogen) atoms. The number of thiophene rings is 1. The lowest BCUT2D eigenvalue weighted by atomic mass is 10.1. The van der Waals surface area contributed by atoms with Gasteiger partial charge in [-0.05, 0) is 53.9 Å². The van der Waals surface area contributed by atoms with Crippen LogP contribution in [0.1, 0.15) is 16.7 Å². The number of nitriles is 1. The van der Waals surface area contributed by atoms with Crippen molar-refractivity contribution in [3.63, 3.8) is 0 Å². The summed E-state index contributed by atoms with van der Waals surface area (Å²) >= 11 is 1.59. The zero-order chi connectivity index (χ0) is 13.0. The van der Waals surface area contributed by atoms with Gasteiger partial charge < -0.3 is 5.32 Å². The number of benzene rings is 1. The smallest absolute Gasteiger partial charge is 0.101 e. The average Bonchev–Trinajstić information content (AvgIpc) is 2.88. The van der Waals surface area contributed by atoms with E-state index in [1.165, 1.54) is 11.1 Å². The molecule has 90 valence electrons. The first-order valence-corrected chi connectivity index (χ1v) is 6.61. The average molecular weight is 254 g/mol. The molecule has 2 rings (SSSR count). The lowest BCUT2D eigenvalue weighted by Gasteiger charge is -2.05. The molecule has 0 unspecified atom stereocenters. The van der Waals surface area contributed by atoms with Crippen molar-refractivity contribution in [2.24, 2.45) is 0 Å². The molecule has 3 heteroatoms. The quantitative estimate of drug-likeness (QED) is 0.827. The molecule has 0 aliphatic heterocycles. The summed E-state index contributed by atoms with van der Waals surface area (Å²) in [4.78, 5) is 0. The van der Waals surface area contributed by atoms with Gasteiger partial charge in [0.05, 0.1) is 5.57 Å². The van der Waals surface area contributed by atoms with Crippen molar-refractivity contribution in [1.29, 1.82) is 5.26 Å². The molecule has 0 saturated carbocycles. The van der Waals surface area contributed by atoms with Crippen LogP contribution in [0.25, 0.3) is 5.57 Å². The molecule has 1 aromatic carbocycles. The number of nitrogens with one attached hydrogen (secondary N) is 1. The van der Waals surface area contributed by atoms with E-state index in [0.29, 0.717) is 5.57 Å². The van der Waals surface area contributed by atoms with Crippen LogP contribution in [0.3, 0.4) is 0 Å². The van der Waals surface area contributed by atoms with E-state index in [1.807, 2.05) is 22.9 Å². The zero-order valence-electron chi connectivity index (χ0n) is 10.4. The maximum Gasteiger partial charge on any atom is 0.101 e. The molecule has 2 nitrogen and oxygen atoms in total. The van der Waals surface area contributed by atoms with Gasteiger partial charge in [0.2, 0.25) is 0 Å². The molecule has 0 aliphatic carbocycles. The number of hydrogen-bond donors (Lipinski definition) is 1. The Hall–Kier alpha value is -2.05. The van der Waals surface area contributed by atoms with Crippen LogP contribution < -0.4 is 5.32 Å². The summed E-state index contributed by atoms with van der Waals surface area (Å²) in [6.45, 7) is 4.16. The Balaban J connectivity index is 2.19. The maximum absolute atomic E-state index is 9.12.